The van der Waals surface area contributed by atoms with Crippen LogP contribution in [0.25, 0.3) is 0 Å². The summed E-state index contributed by atoms with van der Waals surface area (Å²) in [4.78, 5) is 16.8. The second-order valence-corrected chi connectivity index (χ2v) is 7.72. The van der Waals surface area contributed by atoms with Gasteiger partial charge in [-0.15, -0.1) is 0 Å². The van der Waals surface area contributed by atoms with Crippen LogP contribution in [0.1, 0.15) is 47.3 Å². The first-order chi connectivity index (χ1) is 14.6. The van der Waals surface area contributed by atoms with E-state index in [0.29, 0.717) is 31.2 Å². The van der Waals surface area contributed by atoms with E-state index in [1.54, 1.807) is 17.8 Å². The molecule has 0 aliphatic carbocycles. The quantitative estimate of drug-likeness (QED) is 0.392. The van der Waals surface area contributed by atoms with Gasteiger partial charge in [0.2, 0.25) is 0 Å². The van der Waals surface area contributed by atoms with Gasteiger partial charge in [0.1, 0.15) is 5.82 Å². The fourth-order valence-corrected chi connectivity index (χ4v) is 3.48. The Morgan fingerprint density at radius 1 is 1.07 bits per heavy atom. The van der Waals surface area contributed by atoms with Crippen molar-refractivity contribution in [2.75, 3.05) is 19.3 Å². The van der Waals surface area contributed by atoms with E-state index in [2.05, 4.69) is 20.9 Å². The maximum absolute atomic E-state index is 13.6. The predicted molar refractivity (Wildman–Crippen MR) is 124 cm³/mol. The second kappa shape index (κ2) is 12.9. The fraction of sp³-hybridized carbons (Fsp3) is 0.391. The molecule has 30 heavy (non-hydrogen) atoms. The number of hydrogen-bond donors (Lipinski definition) is 3. The highest BCUT2D eigenvalue weighted by atomic mass is 32.2. The highest BCUT2D eigenvalue weighted by Crippen LogP contribution is 2.16. The number of rotatable bonds is 10. The summed E-state index contributed by atoms with van der Waals surface area (Å²) in [6.07, 6.45) is 2.91. The van der Waals surface area contributed by atoms with Crippen LogP contribution in [0.3, 0.4) is 0 Å². The number of aliphatic imine (C=N–C) groups is 1. The zero-order chi connectivity index (χ0) is 21.8. The minimum atomic E-state index is -0.216. The molecule has 1 amide bonds. The number of nitrogens with one attached hydrogen (secondary N) is 3. The van der Waals surface area contributed by atoms with Crippen LogP contribution in [0.5, 0.6) is 0 Å². The molecule has 0 fully saturated rings. The monoisotopic (exact) mass is 430 g/mol. The number of hydrogen-bond acceptors (Lipinski definition) is 3. The van der Waals surface area contributed by atoms with E-state index in [4.69, 9.17) is 0 Å². The van der Waals surface area contributed by atoms with E-state index < -0.39 is 0 Å². The maximum Gasteiger partial charge on any atom is 0.251 e. The van der Waals surface area contributed by atoms with Crippen LogP contribution in [0.2, 0.25) is 0 Å². The molecule has 3 N–H and O–H groups in total. The number of nitrogens with zero attached hydrogens (tertiary/aromatic N) is 1. The van der Waals surface area contributed by atoms with Crippen molar-refractivity contribution < 1.29 is 9.18 Å². The molecule has 2 rings (SSSR count). The highest BCUT2D eigenvalue weighted by Gasteiger charge is 2.07. The van der Waals surface area contributed by atoms with Gasteiger partial charge < -0.3 is 16.0 Å². The fourth-order valence-electron chi connectivity index (χ4n) is 2.90. The van der Waals surface area contributed by atoms with Crippen LogP contribution < -0.4 is 16.0 Å². The molecule has 2 aromatic rings. The molecule has 0 bridgehead atoms. The number of halogens is 1. The first-order valence-electron chi connectivity index (χ1n) is 10.2. The summed E-state index contributed by atoms with van der Waals surface area (Å²) in [5.41, 5.74) is 3.63. The van der Waals surface area contributed by atoms with Crippen LogP contribution in [-0.4, -0.2) is 31.2 Å². The van der Waals surface area contributed by atoms with Crippen LogP contribution >= 0.6 is 11.8 Å². The van der Waals surface area contributed by atoms with Gasteiger partial charge in [0, 0.05) is 31.0 Å². The van der Waals surface area contributed by atoms with E-state index in [1.165, 1.54) is 6.07 Å². The Kier molecular flexibility index (Phi) is 10.2. The van der Waals surface area contributed by atoms with Gasteiger partial charge in [-0.25, -0.2) is 9.38 Å². The molecule has 0 aliphatic rings. The van der Waals surface area contributed by atoms with E-state index >= 15 is 0 Å². The third-order valence-electron chi connectivity index (χ3n) is 4.40. The van der Waals surface area contributed by atoms with Gasteiger partial charge in [0.15, 0.2) is 5.96 Å². The summed E-state index contributed by atoms with van der Waals surface area (Å²) in [7, 11) is 0. The van der Waals surface area contributed by atoms with Crippen LogP contribution in [-0.2, 0) is 18.8 Å². The number of amides is 1. The van der Waals surface area contributed by atoms with Crippen molar-refractivity contribution in [2.24, 2.45) is 4.99 Å². The van der Waals surface area contributed by atoms with Crippen LogP contribution in [0.15, 0.2) is 47.5 Å². The number of carbonyl (C=O) groups excluding carboxylic acids is 1. The Bertz CT molecular complexity index is 857. The first kappa shape index (κ1) is 23.7. The van der Waals surface area contributed by atoms with Crippen molar-refractivity contribution in [1.82, 2.24) is 16.0 Å². The number of guanidine groups is 1. The van der Waals surface area contributed by atoms with E-state index in [1.807, 2.05) is 50.4 Å². The molecule has 0 aromatic heterocycles. The number of benzene rings is 2. The molecule has 0 radical (unpaired) electrons. The van der Waals surface area contributed by atoms with Gasteiger partial charge in [0.05, 0.1) is 6.54 Å². The lowest BCUT2D eigenvalue weighted by Crippen LogP contribution is -2.37. The van der Waals surface area contributed by atoms with Gasteiger partial charge >= 0.3 is 0 Å². The molecule has 0 heterocycles. The molecule has 2 aromatic carbocycles. The third kappa shape index (κ3) is 7.71. The van der Waals surface area contributed by atoms with Crippen LogP contribution in [0.4, 0.5) is 4.39 Å². The van der Waals surface area contributed by atoms with Crippen LogP contribution in [0, 0.1) is 5.82 Å². The Balaban J connectivity index is 2.05. The normalized spacial score (nSPS) is 11.3. The van der Waals surface area contributed by atoms with Gasteiger partial charge in [-0.05, 0) is 60.6 Å². The smallest absolute Gasteiger partial charge is 0.251 e. The lowest BCUT2D eigenvalue weighted by molar-refractivity contribution is 0.0953. The maximum atomic E-state index is 13.6. The Labute approximate surface area is 182 Å². The minimum absolute atomic E-state index is 0.0645. The summed E-state index contributed by atoms with van der Waals surface area (Å²) in [5, 5.41) is 9.44. The molecule has 7 heteroatoms. The standard InChI is InChI=1S/C23H31FN4OS/c1-4-11-26-22(29)18-8-6-7-17(12-18)14-27-23(25-5-2)28-15-19-9-10-21(24)13-20(19)16-30-3/h6-10,12-13H,4-5,11,14-16H2,1-3H3,(H,26,29)(H2,25,27,28). The summed E-state index contributed by atoms with van der Waals surface area (Å²) < 4.78 is 13.6. The third-order valence-corrected chi connectivity index (χ3v) is 5.00. The van der Waals surface area contributed by atoms with E-state index in [9.17, 15) is 9.18 Å². The number of thioether (sulfide) groups is 1. The Morgan fingerprint density at radius 2 is 1.90 bits per heavy atom. The molecule has 162 valence electrons. The van der Waals surface area contributed by atoms with Crippen molar-refractivity contribution >= 4 is 23.6 Å². The zero-order valence-corrected chi connectivity index (χ0v) is 18.7. The minimum Gasteiger partial charge on any atom is -0.357 e. The van der Waals surface area contributed by atoms with Gasteiger partial charge in [-0.2, -0.15) is 11.8 Å². The van der Waals surface area contributed by atoms with Gasteiger partial charge in [0.25, 0.3) is 5.91 Å². The molecule has 0 spiro atoms. The molecule has 0 aliphatic heterocycles. The molecular formula is C23H31FN4OS. The molecule has 0 saturated carbocycles. The summed E-state index contributed by atoms with van der Waals surface area (Å²) in [6, 6.07) is 12.4. The molecule has 0 saturated heterocycles. The average molecular weight is 431 g/mol. The topological polar surface area (TPSA) is 65.5 Å². The number of carbonyl (C=O) groups is 1. The molecule has 5 nitrogen and oxygen atoms in total. The lowest BCUT2D eigenvalue weighted by Gasteiger charge is -2.14. The van der Waals surface area contributed by atoms with E-state index in [-0.39, 0.29) is 11.7 Å². The summed E-state index contributed by atoms with van der Waals surface area (Å²) in [5.74, 6) is 1.16. The predicted octanol–water partition coefficient (Wildman–Crippen LogP) is 4.08. The summed E-state index contributed by atoms with van der Waals surface area (Å²) in [6.45, 7) is 6.43. The van der Waals surface area contributed by atoms with Gasteiger partial charge in [-0.1, -0.05) is 25.1 Å². The van der Waals surface area contributed by atoms with Crippen molar-refractivity contribution in [3.63, 3.8) is 0 Å². The average Bonchev–Trinajstić information content (AvgIpc) is 2.75. The Hall–Kier alpha value is -2.54. The van der Waals surface area contributed by atoms with Crippen molar-refractivity contribution in [2.45, 2.75) is 39.1 Å². The van der Waals surface area contributed by atoms with Gasteiger partial charge in [-0.3, -0.25) is 4.79 Å². The first-order valence-corrected chi connectivity index (χ1v) is 11.6. The molecular weight excluding hydrogens is 399 g/mol. The molecule has 0 atom stereocenters. The van der Waals surface area contributed by atoms with Crippen molar-refractivity contribution in [1.29, 1.82) is 0 Å². The Morgan fingerprint density at radius 3 is 2.63 bits per heavy atom. The second-order valence-electron chi connectivity index (χ2n) is 6.85. The zero-order valence-electron chi connectivity index (χ0n) is 17.9. The van der Waals surface area contributed by atoms with Crippen molar-refractivity contribution in [3.8, 4) is 0 Å². The SMILES string of the molecule is CCCNC(=O)c1cccc(CN=C(NCC)NCc2ccc(F)cc2CSC)c1. The highest BCUT2D eigenvalue weighted by molar-refractivity contribution is 7.97. The summed E-state index contributed by atoms with van der Waals surface area (Å²) >= 11 is 1.67. The van der Waals surface area contributed by atoms with E-state index in [0.717, 1.165) is 35.4 Å². The largest absolute Gasteiger partial charge is 0.357 e. The van der Waals surface area contributed by atoms with Crippen molar-refractivity contribution in [3.05, 3.63) is 70.5 Å². The molecule has 0 unspecified atom stereocenters. The lowest BCUT2D eigenvalue weighted by atomic mass is 10.1.